The first-order valence-corrected chi connectivity index (χ1v) is 9.42. The van der Waals surface area contributed by atoms with Crippen LogP contribution < -0.4 is 15.4 Å². The molecule has 0 aliphatic heterocycles. The van der Waals surface area contributed by atoms with Gasteiger partial charge in [0.05, 0.1) is 23.4 Å². The van der Waals surface area contributed by atoms with Crippen LogP contribution in [0.4, 0.5) is 0 Å². The number of aliphatic imine (C=N–C) groups is 1. The molecule has 0 fully saturated rings. The lowest BCUT2D eigenvalue weighted by Crippen LogP contribution is -2.37. The quantitative estimate of drug-likeness (QED) is 0.351. The Bertz CT molecular complexity index is 698. The second-order valence-corrected chi connectivity index (χ2v) is 7.44. The van der Waals surface area contributed by atoms with Crippen molar-refractivity contribution in [2.45, 2.75) is 46.8 Å². The lowest BCUT2D eigenvalue weighted by Gasteiger charge is -2.12. The van der Waals surface area contributed by atoms with E-state index in [1.165, 1.54) is 10.4 Å². The minimum absolute atomic E-state index is 0. The molecule has 2 rings (SSSR count). The minimum atomic E-state index is 0. The van der Waals surface area contributed by atoms with E-state index < -0.39 is 0 Å². The summed E-state index contributed by atoms with van der Waals surface area (Å²) in [5, 5.41) is 7.80. The summed E-state index contributed by atoms with van der Waals surface area (Å²) in [6.45, 7) is 9.72. The Labute approximate surface area is 177 Å². The van der Waals surface area contributed by atoms with Crippen LogP contribution in [0.15, 0.2) is 29.3 Å². The molecule has 1 aromatic heterocycles. The minimum Gasteiger partial charge on any atom is -0.491 e. The molecule has 0 saturated heterocycles. The van der Waals surface area contributed by atoms with Gasteiger partial charge in [0.1, 0.15) is 5.75 Å². The summed E-state index contributed by atoms with van der Waals surface area (Å²) in [6.07, 6.45) is 1.13. The van der Waals surface area contributed by atoms with E-state index in [4.69, 9.17) is 4.74 Å². The van der Waals surface area contributed by atoms with E-state index in [1.54, 1.807) is 18.4 Å². The van der Waals surface area contributed by atoms with Crippen LogP contribution in [0.5, 0.6) is 5.75 Å². The SMILES string of the molecule is CN=C(NCCc1ccc(OC(C)C)cc1)NCc1sc(C)nc1C.I. The van der Waals surface area contributed by atoms with Crippen molar-refractivity contribution in [3.63, 3.8) is 0 Å². The number of halogens is 1. The molecule has 0 atom stereocenters. The number of nitrogens with zero attached hydrogens (tertiary/aromatic N) is 2. The van der Waals surface area contributed by atoms with Crippen molar-refractivity contribution in [2.24, 2.45) is 4.99 Å². The summed E-state index contributed by atoms with van der Waals surface area (Å²) >= 11 is 1.72. The van der Waals surface area contributed by atoms with Gasteiger partial charge in [0.25, 0.3) is 0 Å². The van der Waals surface area contributed by atoms with Crippen LogP contribution in [-0.4, -0.2) is 30.6 Å². The molecule has 5 nitrogen and oxygen atoms in total. The van der Waals surface area contributed by atoms with Gasteiger partial charge >= 0.3 is 0 Å². The van der Waals surface area contributed by atoms with Gasteiger partial charge in [-0.1, -0.05) is 12.1 Å². The van der Waals surface area contributed by atoms with Crippen LogP contribution in [0.1, 0.15) is 35.0 Å². The van der Waals surface area contributed by atoms with Crippen LogP contribution in [0.3, 0.4) is 0 Å². The number of aromatic nitrogens is 1. The molecule has 1 aromatic carbocycles. The number of hydrogen-bond donors (Lipinski definition) is 2. The number of thiazole rings is 1. The smallest absolute Gasteiger partial charge is 0.191 e. The zero-order valence-electron chi connectivity index (χ0n) is 16.1. The molecule has 0 amide bonds. The standard InChI is InChI=1S/C19H28N4OS.HI/c1-13(2)24-17-8-6-16(7-9-17)10-11-21-19(20-5)22-12-18-14(3)23-15(4)25-18;/h6-9,13H,10-12H2,1-5H3,(H2,20,21,22);1H. The third-order valence-electron chi connectivity index (χ3n) is 3.64. The van der Waals surface area contributed by atoms with Crippen LogP contribution in [0.2, 0.25) is 0 Å². The fourth-order valence-corrected chi connectivity index (χ4v) is 3.33. The normalized spacial score (nSPS) is 11.2. The summed E-state index contributed by atoms with van der Waals surface area (Å²) in [7, 11) is 1.79. The summed E-state index contributed by atoms with van der Waals surface area (Å²) in [6, 6.07) is 8.27. The number of nitrogens with one attached hydrogen (secondary N) is 2. The fourth-order valence-electron chi connectivity index (χ4n) is 2.45. The molecule has 1 heterocycles. The van der Waals surface area contributed by atoms with Gasteiger partial charge in [0.15, 0.2) is 5.96 Å². The van der Waals surface area contributed by atoms with Crippen molar-refractivity contribution in [2.75, 3.05) is 13.6 Å². The maximum Gasteiger partial charge on any atom is 0.191 e. The summed E-state index contributed by atoms with van der Waals surface area (Å²) in [5.41, 5.74) is 2.36. The lowest BCUT2D eigenvalue weighted by atomic mass is 10.1. The van der Waals surface area contributed by atoms with Crippen molar-refractivity contribution in [1.82, 2.24) is 15.6 Å². The average Bonchev–Trinajstić information content (AvgIpc) is 2.89. The van der Waals surface area contributed by atoms with E-state index in [2.05, 4.69) is 32.7 Å². The third kappa shape index (κ3) is 7.49. The molecule has 144 valence electrons. The van der Waals surface area contributed by atoms with E-state index in [9.17, 15) is 0 Å². The highest BCUT2D eigenvalue weighted by atomic mass is 127. The Hall–Kier alpha value is -1.35. The molecular formula is C19H29IN4OS. The Kier molecular flexibility index (Phi) is 9.93. The highest BCUT2D eigenvalue weighted by Gasteiger charge is 2.06. The monoisotopic (exact) mass is 488 g/mol. The van der Waals surface area contributed by atoms with Crippen LogP contribution in [-0.2, 0) is 13.0 Å². The molecule has 0 radical (unpaired) electrons. The molecule has 2 N–H and O–H groups in total. The second kappa shape index (κ2) is 11.4. The van der Waals surface area contributed by atoms with Gasteiger partial charge in [0.2, 0.25) is 0 Å². The predicted octanol–water partition coefficient (Wildman–Crippen LogP) is 4.07. The highest BCUT2D eigenvalue weighted by Crippen LogP contribution is 2.16. The van der Waals surface area contributed by atoms with Crippen molar-refractivity contribution in [3.8, 4) is 5.75 Å². The van der Waals surface area contributed by atoms with E-state index in [0.717, 1.165) is 41.9 Å². The maximum absolute atomic E-state index is 5.67. The van der Waals surface area contributed by atoms with E-state index in [1.807, 2.05) is 39.8 Å². The Morgan fingerprint density at radius 3 is 2.42 bits per heavy atom. The van der Waals surface area contributed by atoms with Crippen molar-refractivity contribution < 1.29 is 4.74 Å². The number of benzene rings is 1. The molecule has 0 bridgehead atoms. The van der Waals surface area contributed by atoms with Gasteiger partial charge < -0.3 is 15.4 Å². The largest absolute Gasteiger partial charge is 0.491 e. The summed E-state index contributed by atoms with van der Waals surface area (Å²) in [4.78, 5) is 9.98. The second-order valence-electron chi connectivity index (χ2n) is 6.15. The molecule has 2 aromatic rings. The topological polar surface area (TPSA) is 58.5 Å². The first-order valence-electron chi connectivity index (χ1n) is 8.61. The fraction of sp³-hybridized carbons (Fsp3) is 0.474. The zero-order valence-corrected chi connectivity index (χ0v) is 19.3. The Balaban J connectivity index is 0.00000338. The molecule has 0 spiro atoms. The van der Waals surface area contributed by atoms with Crippen LogP contribution in [0.25, 0.3) is 0 Å². The van der Waals surface area contributed by atoms with Crippen molar-refractivity contribution in [3.05, 3.63) is 45.4 Å². The van der Waals surface area contributed by atoms with E-state index >= 15 is 0 Å². The summed E-state index contributed by atoms with van der Waals surface area (Å²) < 4.78 is 5.67. The molecule has 0 aliphatic carbocycles. The number of ether oxygens (including phenoxy) is 1. The number of hydrogen-bond acceptors (Lipinski definition) is 4. The highest BCUT2D eigenvalue weighted by molar-refractivity contribution is 14.0. The number of aryl methyl sites for hydroxylation is 2. The first kappa shape index (κ1) is 22.7. The van der Waals surface area contributed by atoms with Gasteiger partial charge in [-0.05, 0) is 51.8 Å². The molecule has 0 unspecified atom stereocenters. The van der Waals surface area contributed by atoms with E-state index in [-0.39, 0.29) is 30.1 Å². The van der Waals surface area contributed by atoms with Gasteiger partial charge in [-0.2, -0.15) is 0 Å². The molecular weight excluding hydrogens is 459 g/mol. The summed E-state index contributed by atoms with van der Waals surface area (Å²) in [5.74, 6) is 1.73. The Morgan fingerprint density at radius 1 is 1.19 bits per heavy atom. The van der Waals surface area contributed by atoms with Gasteiger partial charge in [-0.25, -0.2) is 4.98 Å². The Morgan fingerprint density at radius 2 is 1.88 bits per heavy atom. The lowest BCUT2D eigenvalue weighted by molar-refractivity contribution is 0.242. The van der Waals surface area contributed by atoms with Gasteiger partial charge in [0, 0.05) is 18.5 Å². The average molecular weight is 488 g/mol. The number of guanidine groups is 1. The van der Waals surface area contributed by atoms with Crippen molar-refractivity contribution >= 4 is 41.3 Å². The zero-order chi connectivity index (χ0) is 18.2. The molecule has 0 saturated carbocycles. The van der Waals surface area contributed by atoms with Crippen molar-refractivity contribution in [1.29, 1.82) is 0 Å². The van der Waals surface area contributed by atoms with Crippen LogP contribution in [0, 0.1) is 13.8 Å². The third-order valence-corrected chi connectivity index (χ3v) is 4.71. The predicted molar refractivity (Wildman–Crippen MR) is 121 cm³/mol. The number of rotatable bonds is 7. The van der Waals surface area contributed by atoms with Gasteiger partial charge in [-0.3, -0.25) is 4.99 Å². The molecule has 7 heteroatoms. The van der Waals surface area contributed by atoms with Crippen LogP contribution >= 0.6 is 35.3 Å². The molecule has 0 aliphatic rings. The van der Waals surface area contributed by atoms with E-state index in [0.29, 0.717) is 0 Å². The van der Waals surface area contributed by atoms with Gasteiger partial charge in [-0.15, -0.1) is 35.3 Å². The first-order chi connectivity index (χ1) is 12.0. The molecule has 26 heavy (non-hydrogen) atoms. The maximum atomic E-state index is 5.67.